The van der Waals surface area contributed by atoms with E-state index in [1.165, 1.54) is 12.1 Å². The number of carbonyl (C=O) groups excluding carboxylic acids is 1. The number of fused-ring (bicyclic) bond motifs is 2. The lowest BCUT2D eigenvalue weighted by molar-refractivity contribution is 0.0974. The molecule has 3 aromatic rings. The van der Waals surface area contributed by atoms with E-state index in [0.29, 0.717) is 11.6 Å². The highest BCUT2D eigenvalue weighted by Crippen LogP contribution is 2.48. The molecule has 3 nitrogen and oxygen atoms in total. The molecule has 5 rings (SSSR count). The first-order valence-electron chi connectivity index (χ1n) is 10.8. The largest absolute Gasteiger partial charge is 0.307 e. The van der Waals surface area contributed by atoms with Crippen molar-refractivity contribution in [2.24, 2.45) is 0 Å². The highest BCUT2D eigenvalue weighted by molar-refractivity contribution is 6.31. The summed E-state index contributed by atoms with van der Waals surface area (Å²) in [5, 5.41) is 1.41. The van der Waals surface area contributed by atoms with Crippen LogP contribution in [0.1, 0.15) is 28.8 Å². The van der Waals surface area contributed by atoms with Crippen molar-refractivity contribution < 1.29 is 13.6 Å². The minimum absolute atomic E-state index is 0.188. The van der Waals surface area contributed by atoms with E-state index in [2.05, 4.69) is 11.9 Å². The molecule has 0 atom stereocenters. The lowest BCUT2D eigenvalue weighted by Crippen LogP contribution is -2.45. The molecule has 2 aliphatic heterocycles. The maximum atomic E-state index is 14.2. The molecule has 1 saturated heterocycles. The summed E-state index contributed by atoms with van der Waals surface area (Å²) in [6.45, 7) is 2.30. The number of carbonyl (C=O) groups is 1. The van der Waals surface area contributed by atoms with Crippen LogP contribution in [0.5, 0.6) is 0 Å². The fourth-order valence-corrected chi connectivity index (χ4v) is 4.84. The highest BCUT2D eigenvalue weighted by Gasteiger charge is 2.46. The molecule has 3 aromatic carbocycles. The molecule has 0 radical (unpaired) electrons. The molecule has 2 aliphatic rings. The van der Waals surface area contributed by atoms with E-state index < -0.39 is 17.5 Å². The van der Waals surface area contributed by atoms with Gasteiger partial charge in [-0.1, -0.05) is 47.5 Å². The molecule has 1 fully saturated rings. The Kier molecular flexibility index (Phi) is 7.03. The SMILES string of the molecule is CN1CCC2(CC1)CN(C(=O)c1cccc(F)c1F)c1ccc(Cl)cc12.Clc1ccccc1. The Morgan fingerprint density at radius 1 is 0.909 bits per heavy atom. The fourth-order valence-electron chi connectivity index (χ4n) is 4.53. The predicted molar refractivity (Wildman–Crippen MR) is 129 cm³/mol. The Balaban J connectivity index is 0.000000318. The predicted octanol–water partition coefficient (Wildman–Crippen LogP) is 6.58. The van der Waals surface area contributed by atoms with Gasteiger partial charge in [-0.3, -0.25) is 4.79 Å². The van der Waals surface area contributed by atoms with Gasteiger partial charge in [0.15, 0.2) is 11.6 Å². The molecule has 1 spiro atoms. The van der Waals surface area contributed by atoms with Crippen molar-refractivity contribution in [2.75, 3.05) is 31.6 Å². The Hall–Kier alpha value is -2.47. The van der Waals surface area contributed by atoms with Crippen LogP contribution in [0.3, 0.4) is 0 Å². The molecular weight excluding hydrogens is 465 g/mol. The minimum atomic E-state index is -1.10. The summed E-state index contributed by atoms with van der Waals surface area (Å²) in [6, 6.07) is 18.6. The second-order valence-electron chi connectivity index (χ2n) is 8.53. The third kappa shape index (κ3) is 4.91. The zero-order chi connectivity index (χ0) is 23.6. The van der Waals surface area contributed by atoms with Gasteiger partial charge in [0.25, 0.3) is 5.91 Å². The normalized spacial score (nSPS) is 16.8. The Morgan fingerprint density at radius 2 is 1.61 bits per heavy atom. The molecule has 2 heterocycles. The summed E-state index contributed by atoms with van der Waals surface area (Å²) in [6.07, 6.45) is 1.79. The first-order valence-corrected chi connectivity index (χ1v) is 11.5. The van der Waals surface area contributed by atoms with Crippen LogP contribution in [-0.2, 0) is 5.41 Å². The molecule has 0 aliphatic carbocycles. The number of piperidine rings is 1. The second-order valence-corrected chi connectivity index (χ2v) is 9.41. The van der Waals surface area contributed by atoms with Gasteiger partial charge < -0.3 is 9.80 Å². The van der Waals surface area contributed by atoms with Gasteiger partial charge >= 0.3 is 0 Å². The quantitative estimate of drug-likeness (QED) is 0.386. The van der Waals surface area contributed by atoms with Crippen LogP contribution in [0.2, 0.25) is 10.0 Å². The maximum Gasteiger partial charge on any atom is 0.261 e. The lowest BCUT2D eigenvalue weighted by Gasteiger charge is -2.38. The number of nitrogens with zero attached hydrogens (tertiary/aromatic N) is 2. The number of rotatable bonds is 1. The topological polar surface area (TPSA) is 23.6 Å². The van der Waals surface area contributed by atoms with Crippen molar-refractivity contribution in [2.45, 2.75) is 18.3 Å². The minimum Gasteiger partial charge on any atom is -0.307 e. The molecule has 0 unspecified atom stereocenters. The molecular formula is C26H24Cl2F2N2O. The van der Waals surface area contributed by atoms with Gasteiger partial charge in [0.1, 0.15) is 0 Å². The van der Waals surface area contributed by atoms with E-state index in [9.17, 15) is 13.6 Å². The first kappa shape index (κ1) is 23.7. The van der Waals surface area contributed by atoms with E-state index in [-0.39, 0.29) is 11.0 Å². The summed E-state index contributed by atoms with van der Waals surface area (Å²) in [7, 11) is 2.08. The van der Waals surface area contributed by atoms with Gasteiger partial charge in [-0.05, 0) is 81.0 Å². The molecule has 0 N–H and O–H groups in total. The first-order chi connectivity index (χ1) is 15.8. The van der Waals surface area contributed by atoms with Crippen LogP contribution in [0.4, 0.5) is 14.5 Å². The lowest BCUT2D eigenvalue weighted by atomic mass is 9.74. The molecule has 33 heavy (non-hydrogen) atoms. The van der Waals surface area contributed by atoms with Crippen LogP contribution < -0.4 is 4.90 Å². The average Bonchev–Trinajstić information content (AvgIpc) is 3.12. The van der Waals surface area contributed by atoms with Crippen molar-refractivity contribution >= 4 is 34.8 Å². The Bertz CT molecular complexity index is 1150. The summed E-state index contributed by atoms with van der Waals surface area (Å²) in [5.74, 6) is -2.63. The van der Waals surface area contributed by atoms with Crippen molar-refractivity contribution in [3.63, 3.8) is 0 Å². The van der Waals surface area contributed by atoms with E-state index in [1.807, 2.05) is 36.4 Å². The number of benzene rings is 3. The van der Waals surface area contributed by atoms with E-state index >= 15 is 0 Å². The van der Waals surface area contributed by atoms with Gasteiger partial charge in [-0.2, -0.15) is 0 Å². The molecule has 7 heteroatoms. The Labute approximate surface area is 202 Å². The molecule has 0 aromatic heterocycles. The molecule has 0 bridgehead atoms. The third-order valence-corrected chi connectivity index (χ3v) is 6.87. The maximum absolute atomic E-state index is 14.2. The zero-order valence-corrected chi connectivity index (χ0v) is 19.7. The van der Waals surface area contributed by atoms with Crippen molar-refractivity contribution in [3.8, 4) is 0 Å². The van der Waals surface area contributed by atoms with E-state index in [0.717, 1.165) is 48.3 Å². The van der Waals surface area contributed by atoms with Crippen molar-refractivity contribution in [3.05, 3.63) is 99.5 Å². The average molecular weight is 489 g/mol. The van der Waals surface area contributed by atoms with Crippen LogP contribution in [0.15, 0.2) is 66.7 Å². The zero-order valence-electron chi connectivity index (χ0n) is 18.2. The number of hydrogen-bond acceptors (Lipinski definition) is 2. The number of amides is 1. The highest BCUT2D eigenvalue weighted by atomic mass is 35.5. The van der Waals surface area contributed by atoms with Gasteiger partial charge in [0.05, 0.1) is 5.56 Å². The second kappa shape index (κ2) is 9.80. The molecule has 0 saturated carbocycles. The smallest absolute Gasteiger partial charge is 0.261 e. The van der Waals surface area contributed by atoms with Crippen LogP contribution in [0, 0.1) is 11.6 Å². The number of hydrogen-bond donors (Lipinski definition) is 0. The molecule has 1 amide bonds. The number of likely N-dealkylation sites (tertiary alicyclic amines) is 1. The van der Waals surface area contributed by atoms with Gasteiger partial charge in [0, 0.05) is 27.7 Å². The van der Waals surface area contributed by atoms with Crippen LogP contribution in [0.25, 0.3) is 0 Å². The van der Waals surface area contributed by atoms with Gasteiger partial charge in [-0.15, -0.1) is 0 Å². The third-order valence-electron chi connectivity index (χ3n) is 6.39. The summed E-state index contributed by atoms with van der Waals surface area (Å²) in [5.41, 5.74) is 1.35. The number of halogens is 4. The summed E-state index contributed by atoms with van der Waals surface area (Å²) >= 11 is 11.8. The number of anilines is 1. The Morgan fingerprint density at radius 3 is 2.24 bits per heavy atom. The standard InChI is InChI=1S/C20H19ClF2N2O.C6H5Cl/c1-24-9-7-20(8-10-24)12-25(17-6-5-13(21)11-15(17)20)19(26)14-3-2-4-16(22)18(14)23;7-6-4-2-1-3-5-6/h2-6,11H,7-10,12H2,1H3;1-5H. The summed E-state index contributed by atoms with van der Waals surface area (Å²) in [4.78, 5) is 16.9. The van der Waals surface area contributed by atoms with Crippen molar-refractivity contribution in [1.82, 2.24) is 4.90 Å². The van der Waals surface area contributed by atoms with Crippen LogP contribution in [-0.4, -0.2) is 37.5 Å². The monoisotopic (exact) mass is 488 g/mol. The van der Waals surface area contributed by atoms with E-state index in [4.69, 9.17) is 23.2 Å². The van der Waals surface area contributed by atoms with Crippen LogP contribution >= 0.6 is 23.2 Å². The van der Waals surface area contributed by atoms with Crippen molar-refractivity contribution in [1.29, 1.82) is 0 Å². The van der Waals surface area contributed by atoms with Gasteiger partial charge in [0.2, 0.25) is 0 Å². The van der Waals surface area contributed by atoms with Gasteiger partial charge in [-0.25, -0.2) is 8.78 Å². The van der Waals surface area contributed by atoms with E-state index in [1.54, 1.807) is 17.0 Å². The summed E-state index contributed by atoms with van der Waals surface area (Å²) < 4.78 is 27.8. The fraction of sp³-hybridized carbons (Fsp3) is 0.269. The molecule has 172 valence electrons.